The lowest BCUT2D eigenvalue weighted by Gasteiger charge is -2.35. The third-order valence-electron chi connectivity index (χ3n) is 7.28. The minimum Gasteiger partial charge on any atom is -0.497 e. The number of hydrogen-bond acceptors (Lipinski definition) is 9. The van der Waals surface area contributed by atoms with Crippen LogP contribution in [0, 0.1) is 6.92 Å². The zero-order chi connectivity index (χ0) is 29.5. The van der Waals surface area contributed by atoms with Crippen molar-refractivity contribution in [1.29, 1.82) is 0 Å². The molecular weight excluding hydrogens is 572 g/mol. The molecule has 1 fully saturated rings. The van der Waals surface area contributed by atoms with Gasteiger partial charge in [0.15, 0.2) is 0 Å². The number of carbonyl (C=O) groups excluding carboxylic acids is 2. The van der Waals surface area contributed by atoms with Crippen molar-refractivity contribution in [2.75, 3.05) is 51.8 Å². The Hall–Kier alpha value is -3.87. The Labute approximate surface area is 243 Å². The van der Waals surface area contributed by atoms with E-state index in [1.165, 1.54) is 61.7 Å². The van der Waals surface area contributed by atoms with E-state index < -0.39 is 27.6 Å². The highest BCUT2D eigenvalue weighted by atomic mass is 35.5. The average Bonchev–Trinajstić information content (AvgIpc) is 3.20. The van der Waals surface area contributed by atoms with Crippen LogP contribution in [0.4, 0.5) is 10.5 Å². The molecule has 1 saturated heterocycles. The Morgan fingerprint density at radius 2 is 1.76 bits per heavy atom. The first-order valence-electron chi connectivity index (χ1n) is 12.7. The summed E-state index contributed by atoms with van der Waals surface area (Å²) in [4.78, 5) is 36.0. The number of halogens is 1. The predicted molar refractivity (Wildman–Crippen MR) is 151 cm³/mol. The Morgan fingerprint density at radius 1 is 1.02 bits per heavy atom. The van der Waals surface area contributed by atoms with E-state index in [2.05, 4.69) is 9.88 Å². The maximum atomic E-state index is 14.7. The van der Waals surface area contributed by atoms with Crippen LogP contribution in [0.25, 0.3) is 0 Å². The predicted octanol–water partition coefficient (Wildman–Crippen LogP) is 3.42. The second-order valence-corrected chi connectivity index (χ2v) is 12.0. The second kappa shape index (κ2) is 10.8. The highest BCUT2D eigenvalue weighted by Crippen LogP contribution is 2.51. The monoisotopic (exact) mass is 600 g/mol. The van der Waals surface area contributed by atoms with Crippen LogP contribution in [0.2, 0.25) is 5.02 Å². The zero-order valence-electron chi connectivity index (χ0n) is 23.0. The Bertz CT molecular complexity index is 1630. The van der Waals surface area contributed by atoms with E-state index in [9.17, 15) is 18.0 Å². The summed E-state index contributed by atoms with van der Waals surface area (Å²) >= 11 is 6.40. The molecule has 3 heterocycles. The number of ether oxygens (including phenoxy) is 3. The van der Waals surface area contributed by atoms with Crippen molar-refractivity contribution in [3.8, 4) is 11.5 Å². The molecule has 2 aromatic carbocycles. The molecule has 0 saturated carbocycles. The zero-order valence-corrected chi connectivity index (χ0v) is 24.5. The lowest BCUT2D eigenvalue weighted by molar-refractivity contribution is -0.132. The van der Waals surface area contributed by atoms with Crippen molar-refractivity contribution >= 4 is 39.3 Å². The van der Waals surface area contributed by atoms with E-state index >= 15 is 0 Å². The molecule has 0 spiro atoms. The minimum absolute atomic E-state index is 0.0199. The van der Waals surface area contributed by atoms with Gasteiger partial charge in [-0.1, -0.05) is 17.7 Å². The van der Waals surface area contributed by atoms with Crippen LogP contribution in [0.1, 0.15) is 16.8 Å². The van der Waals surface area contributed by atoms with Gasteiger partial charge in [0.2, 0.25) is 0 Å². The summed E-state index contributed by atoms with van der Waals surface area (Å²) in [5.41, 5.74) is -1.59. The smallest absolute Gasteiger partial charge is 0.411 e. The van der Waals surface area contributed by atoms with Crippen LogP contribution in [-0.4, -0.2) is 82.6 Å². The first kappa shape index (κ1) is 28.7. The highest BCUT2D eigenvalue weighted by Gasteiger charge is 2.61. The lowest BCUT2D eigenvalue weighted by Crippen LogP contribution is -2.52. The standard InChI is InChI=1S/C28H29ClN4O7S/c1-18-6-5-11-30-25(18)28(40-27(35)32-14-12-31(2)13-15-32)21-16-19(29)7-9-22(21)33(26(28)34)41(36,37)24-10-8-20(38-3)17-23(24)39-4/h5-11,16-17H,12-15H2,1-4H3. The van der Waals surface area contributed by atoms with Crippen molar-refractivity contribution < 1.29 is 32.2 Å². The van der Waals surface area contributed by atoms with Gasteiger partial charge in [-0.2, -0.15) is 4.31 Å². The summed E-state index contributed by atoms with van der Waals surface area (Å²) in [6, 6.07) is 11.8. The molecule has 13 heteroatoms. The Kier molecular flexibility index (Phi) is 7.58. The number of piperazine rings is 1. The van der Waals surface area contributed by atoms with Gasteiger partial charge in [0.05, 0.1) is 19.9 Å². The average molecular weight is 601 g/mol. The number of pyridine rings is 1. The summed E-state index contributed by atoms with van der Waals surface area (Å²) < 4.78 is 45.9. The Balaban J connectivity index is 1.73. The summed E-state index contributed by atoms with van der Waals surface area (Å²) in [6.45, 7) is 3.66. The topological polar surface area (TPSA) is 119 Å². The van der Waals surface area contributed by atoms with Crippen LogP contribution in [0.3, 0.4) is 0 Å². The number of nitrogens with zero attached hydrogens (tertiary/aromatic N) is 4. The van der Waals surface area contributed by atoms with Gasteiger partial charge >= 0.3 is 6.09 Å². The first-order chi connectivity index (χ1) is 19.5. The molecule has 2 aliphatic heterocycles. The molecule has 0 radical (unpaired) electrons. The lowest BCUT2D eigenvalue weighted by atomic mass is 9.88. The van der Waals surface area contributed by atoms with Crippen LogP contribution in [0.5, 0.6) is 11.5 Å². The van der Waals surface area contributed by atoms with Gasteiger partial charge < -0.3 is 24.0 Å². The van der Waals surface area contributed by atoms with Gasteiger partial charge in [0.1, 0.15) is 22.1 Å². The third kappa shape index (κ3) is 4.75. The van der Waals surface area contributed by atoms with Crippen molar-refractivity contribution in [3.63, 3.8) is 0 Å². The SMILES string of the molecule is COc1ccc(S(=O)(=O)N2C(=O)C(OC(=O)N3CCN(C)CC3)(c3ncccc3C)c3cc(Cl)ccc32)c(OC)c1. The number of sulfonamides is 1. The maximum Gasteiger partial charge on any atom is 0.411 e. The number of rotatable bonds is 6. The van der Waals surface area contributed by atoms with E-state index in [-0.39, 0.29) is 32.6 Å². The number of anilines is 1. The maximum absolute atomic E-state index is 14.7. The number of carbonyl (C=O) groups is 2. The molecule has 5 rings (SSSR count). The van der Waals surface area contributed by atoms with E-state index in [0.29, 0.717) is 41.8 Å². The summed E-state index contributed by atoms with van der Waals surface area (Å²) in [5.74, 6) is -0.703. The molecular formula is C28H29ClN4O7S. The van der Waals surface area contributed by atoms with E-state index in [1.54, 1.807) is 19.1 Å². The van der Waals surface area contributed by atoms with E-state index in [0.717, 1.165) is 0 Å². The third-order valence-corrected chi connectivity index (χ3v) is 9.25. The molecule has 1 atom stereocenters. The minimum atomic E-state index is -4.62. The number of benzene rings is 2. The number of amides is 2. The molecule has 1 aromatic heterocycles. The molecule has 0 aliphatic carbocycles. The molecule has 2 aliphatic rings. The quantitative estimate of drug-likeness (QED) is 0.419. The van der Waals surface area contributed by atoms with Gasteiger partial charge in [-0.15, -0.1) is 0 Å². The number of methoxy groups -OCH3 is 2. The molecule has 0 bridgehead atoms. The van der Waals surface area contributed by atoms with Crippen LogP contribution in [-0.2, 0) is 25.2 Å². The fourth-order valence-electron chi connectivity index (χ4n) is 5.07. The number of hydrogen-bond donors (Lipinski definition) is 0. The second-order valence-electron chi connectivity index (χ2n) is 9.76. The van der Waals surface area contributed by atoms with Crippen molar-refractivity contribution in [2.24, 2.45) is 0 Å². The van der Waals surface area contributed by atoms with Gasteiger partial charge in [0.25, 0.3) is 21.5 Å². The fourth-order valence-corrected chi connectivity index (χ4v) is 6.84. The first-order valence-corrected chi connectivity index (χ1v) is 14.6. The fraction of sp³-hybridized carbons (Fsp3) is 0.321. The molecule has 11 nitrogen and oxygen atoms in total. The van der Waals surface area contributed by atoms with Gasteiger partial charge in [-0.05, 0) is 55.9 Å². The number of fused-ring (bicyclic) bond motifs is 1. The van der Waals surface area contributed by atoms with Crippen molar-refractivity contribution in [3.05, 3.63) is 76.6 Å². The molecule has 216 valence electrons. The highest BCUT2D eigenvalue weighted by molar-refractivity contribution is 7.93. The van der Waals surface area contributed by atoms with Crippen LogP contribution >= 0.6 is 11.6 Å². The number of likely N-dealkylation sites (N-methyl/N-ethyl adjacent to an activating group) is 1. The molecule has 3 aromatic rings. The van der Waals surface area contributed by atoms with Gasteiger partial charge in [0, 0.05) is 49.0 Å². The summed E-state index contributed by atoms with van der Waals surface area (Å²) in [5, 5.41) is 0.214. The number of aromatic nitrogens is 1. The van der Waals surface area contributed by atoms with Crippen LogP contribution in [0.15, 0.2) is 59.6 Å². The largest absolute Gasteiger partial charge is 0.497 e. The summed E-state index contributed by atoms with van der Waals surface area (Å²) in [7, 11) is 0.0678. The molecule has 41 heavy (non-hydrogen) atoms. The molecule has 0 N–H and O–H groups in total. The van der Waals surface area contributed by atoms with Crippen molar-refractivity contribution in [1.82, 2.24) is 14.8 Å². The van der Waals surface area contributed by atoms with Crippen LogP contribution < -0.4 is 13.8 Å². The van der Waals surface area contributed by atoms with Gasteiger partial charge in [-0.25, -0.2) is 13.2 Å². The van der Waals surface area contributed by atoms with E-state index in [1.807, 2.05) is 7.05 Å². The van der Waals surface area contributed by atoms with E-state index in [4.69, 9.17) is 25.8 Å². The normalized spacial score (nSPS) is 19.2. The van der Waals surface area contributed by atoms with Crippen molar-refractivity contribution in [2.45, 2.75) is 17.4 Å². The molecule has 2 amide bonds. The molecule has 1 unspecified atom stereocenters. The van der Waals surface area contributed by atoms with Gasteiger partial charge in [-0.3, -0.25) is 9.78 Å². The number of aryl methyl sites for hydroxylation is 1. The Morgan fingerprint density at radius 3 is 2.41 bits per heavy atom. The summed E-state index contributed by atoms with van der Waals surface area (Å²) in [6.07, 6.45) is 0.679.